The Hall–Kier alpha value is -3.50. The van der Waals surface area contributed by atoms with Gasteiger partial charge in [0.1, 0.15) is 21.5 Å². The van der Waals surface area contributed by atoms with Gasteiger partial charge in [-0.25, -0.2) is 14.6 Å². The van der Waals surface area contributed by atoms with Gasteiger partial charge in [0.05, 0.1) is 18.9 Å². The zero-order valence-electron chi connectivity index (χ0n) is 18.8. The van der Waals surface area contributed by atoms with E-state index in [-0.39, 0.29) is 23.8 Å². The molecule has 0 fully saturated rings. The molecular formula is C23H25N3O6S. The van der Waals surface area contributed by atoms with Gasteiger partial charge < -0.3 is 24.8 Å². The van der Waals surface area contributed by atoms with Crippen molar-refractivity contribution in [3.05, 3.63) is 52.5 Å². The van der Waals surface area contributed by atoms with E-state index in [0.29, 0.717) is 16.0 Å². The van der Waals surface area contributed by atoms with Crippen molar-refractivity contribution in [1.82, 2.24) is 10.3 Å². The van der Waals surface area contributed by atoms with Gasteiger partial charge in [-0.2, -0.15) is 0 Å². The second-order valence-electron chi connectivity index (χ2n) is 7.12. The minimum absolute atomic E-state index is 0.182. The summed E-state index contributed by atoms with van der Waals surface area (Å²) in [7, 11) is 1.56. The van der Waals surface area contributed by atoms with Crippen molar-refractivity contribution >= 4 is 45.2 Å². The molecule has 0 bridgehead atoms. The molecule has 174 valence electrons. The number of nitrogens with zero attached hydrogens (tertiary/aromatic N) is 1. The number of carbonyl (C=O) groups is 3. The van der Waals surface area contributed by atoms with Crippen LogP contribution in [0.3, 0.4) is 0 Å². The van der Waals surface area contributed by atoms with Gasteiger partial charge in [0.2, 0.25) is 5.91 Å². The van der Waals surface area contributed by atoms with E-state index in [1.807, 2.05) is 13.0 Å². The third kappa shape index (κ3) is 5.85. The second kappa shape index (κ2) is 10.9. The molecule has 2 amide bonds. The number of thiophene rings is 1. The van der Waals surface area contributed by atoms with Gasteiger partial charge in [-0.1, -0.05) is 18.2 Å². The molecular weight excluding hydrogens is 446 g/mol. The molecule has 0 aliphatic heterocycles. The lowest BCUT2D eigenvalue weighted by Gasteiger charge is -2.15. The maximum absolute atomic E-state index is 12.9. The Kier molecular flexibility index (Phi) is 7.96. The van der Waals surface area contributed by atoms with Gasteiger partial charge in [0.25, 0.3) is 0 Å². The van der Waals surface area contributed by atoms with Crippen molar-refractivity contribution in [3.63, 3.8) is 0 Å². The lowest BCUT2D eigenvalue weighted by molar-refractivity contribution is -0.117. The first-order chi connectivity index (χ1) is 15.8. The monoisotopic (exact) mass is 471 g/mol. The molecule has 1 aromatic carbocycles. The van der Waals surface area contributed by atoms with Crippen LogP contribution in [0.1, 0.15) is 34.8 Å². The van der Waals surface area contributed by atoms with Crippen LogP contribution in [-0.4, -0.2) is 42.7 Å². The molecule has 3 aromatic rings. The average molecular weight is 472 g/mol. The molecule has 1 atom stereocenters. The van der Waals surface area contributed by atoms with E-state index in [9.17, 15) is 14.4 Å². The summed E-state index contributed by atoms with van der Waals surface area (Å²) in [4.78, 5) is 43.0. The van der Waals surface area contributed by atoms with E-state index >= 15 is 0 Å². The topological polar surface area (TPSA) is 116 Å². The number of hydrogen-bond donors (Lipinski definition) is 2. The van der Waals surface area contributed by atoms with E-state index in [0.717, 1.165) is 22.6 Å². The smallest absolute Gasteiger partial charge is 0.413 e. The maximum Gasteiger partial charge on any atom is 0.413 e. The van der Waals surface area contributed by atoms with E-state index in [1.54, 1.807) is 44.4 Å². The number of aryl methyl sites for hydroxylation is 1. The zero-order chi connectivity index (χ0) is 24.0. The molecule has 0 saturated carbocycles. The van der Waals surface area contributed by atoms with Crippen LogP contribution in [0.4, 0.5) is 10.5 Å². The van der Waals surface area contributed by atoms with Crippen LogP contribution >= 0.6 is 11.3 Å². The number of nitrogens with one attached hydrogen (secondary N) is 2. The largest absolute Gasteiger partial charge is 0.462 e. The first-order valence-corrected chi connectivity index (χ1v) is 11.1. The second-order valence-corrected chi connectivity index (χ2v) is 8.12. The number of hydrogen-bond acceptors (Lipinski definition) is 8. The SMILES string of the molecule is CCOC(=O)c1sc2nc(C)cc(COC)c2c1NC(=O)[C@H](C)NC(=O)Oc1ccccc1. The number of benzene rings is 1. The van der Waals surface area contributed by atoms with Crippen LogP contribution in [-0.2, 0) is 20.9 Å². The van der Waals surface area contributed by atoms with Gasteiger partial charge >= 0.3 is 12.1 Å². The quantitative estimate of drug-likeness (QED) is 0.476. The Morgan fingerprint density at radius 3 is 2.58 bits per heavy atom. The van der Waals surface area contributed by atoms with Gasteiger partial charge in [-0.3, -0.25) is 4.79 Å². The highest BCUT2D eigenvalue weighted by atomic mass is 32.1. The molecule has 0 spiro atoms. The van der Waals surface area contributed by atoms with Crippen LogP contribution in [0.5, 0.6) is 5.75 Å². The minimum atomic E-state index is -0.949. The van der Waals surface area contributed by atoms with Crippen molar-refractivity contribution in [2.24, 2.45) is 0 Å². The molecule has 0 aliphatic rings. The highest BCUT2D eigenvalue weighted by Gasteiger charge is 2.26. The number of anilines is 1. The molecule has 0 unspecified atom stereocenters. The van der Waals surface area contributed by atoms with Crippen LogP contribution in [0, 0.1) is 6.92 Å². The van der Waals surface area contributed by atoms with Crippen molar-refractivity contribution in [2.45, 2.75) is 33.4 Å². The number of ether oxygens (including phenoxy) is 3. The lowest BCUT2D eigenvalue weighted by atomic mass is 10.1. The molecule has 2 heterocycles. The first-order valence-electron chi connectivity index (χ1n) is 10.3. The summed E-state index contributed by atoms with van der Waals surface area (Å²) < 4.78 is 15.6. The van der Waals surface area contributed by atoms with Gasteiger partial charge in [-0.15, -0.1) is 11.3 Å². The van der Waals surface area contributed by atoms with Crippen molar-refractivity contribution in [1.29, 1.82) is 0 Å². The van der Waals surface area contributed by atoms with Gasteiger partial charge in [0, 0.05) is 18.2 Å². The summed E-state index contributed by atoms with van der Waals surface area (Å²) >= 11 is 1.13. The predicted molar refractivity (Wildman–Crippen MR) is 125 cm³/mol. The lowest BCUT2D eigenvalue weighted by Crippen LogP contribution is -2.43. The van der Waals surface area contributed by atoms with Crippen LogP contribution in [0.25, 0.3) is 10.2 Å². The van der Waals surface area contributed by atoms with Gasteiger partial charge in [-0.05, 0) is 44.5 Å². The minimum Gasteiger partial charge on any atom is -0.462 e. The Balaban J connectivity index is 1.87. The number of fused-ring (bicyclic) bond motifs is 1. The van der Waals surface area contributed by atoms with E-state index < -0.39 is 24.0 Å². The number of pyridine rings is 1. The molecule has 33 heavy (non-hydrogen) atoms. The summed E-state index contributed by atoms with van der Waals surface area (Å²) in [6, 6.07) is 9.38. The fourth-order valence-corrected chi connectivity index (χ4v) is 4.26. The Morgan fingerprint density at radius 1 is 1.18 bits per heavy atom. The van der Waals surface area contributed by atoms with E-state index in [2.05, 4.69) is 15.6 Å². The molecule has 2 N–H and O–H groups in total. The summed E-state index contributed by atoms with van der Waals surface area (Å²) in [5.41, 5.74) is 1.80. The third-order valence-electron chi connectivity index (χ3n) is 4.56. The number of amides is 2. The Labute approximate surface area is 195 Å². The zero-order valence-corrected chi connectivity index (χ0v) is 19.6. The fraction of sp³-hybridized carbons (Fsp3) is 0.304. The molecule has 0 aliphatic carbocycles. The number of para-hydroxylation sites is 1. The number of methoxy groups -OCH3 is 1. The number of esters is 1. The van der Waals surface area contributed by atoms with Crippen LogP contribution in [0.2, 0.25) is 0 Å². The average Bonchev–Trinajstić information content (AvgIpc) is 3.12. The predicted octanol–water partition coefficient (Wildman–Crippen LogP) is 4.04. The molecule has 3 rings (SSSR count). The third-order valence-corrected chi connectivity index (χ3v) is 5.63. The maximum atomic E-state index is 12.9. The van der Waals surface area contributed by atoms with Crippen LogP contribution < -0.4 is 15.4 Å². The Morgan fingerprint density at radius 2 is 1.91 bits per heavy atom. The molecule has 2 aromatic heterocycles. The van der Waals surface area contributed by atoms with Gasteiger partial charge in [0.15, 0.2) is 0 Å². The summed E-state index contributed by atoms with van der Waals surface area (Å²) in [5, 5.41) is 5.85. The highest BCUT2D eigenvalue weighted by molar-refractivity contribution is 7.21. The number of aromatic nitrogens is 1. The standard InChI is InChI=1S/C23H25N3O6S/c1-5-31-22(28)19-18(17-15(12-30-4)11-13(2)24-21(17)33-19)26-20(27)14(3)25-23(29)32-16-9-7-6-8-10-16/h6-11,14H,5,12H2,1-4H3,(H,25,29)(H,26,27)/t14-/m0/s1. The Bertz CT molecular complexity index is 1160. The normalized spacial score (nSPS) is 11.6. The van der Waals surface area contributed by atoms with E-state index in [1.165, 1.54) is 6.92 Å². The molecule has 0 radical (unpaired) electrons. The van der Waals surface area contributed by atoms with E-state index in [4.69, 9.17) is 14.2 Å². The van der Waals surface area contributed by atoms with Crippen LogP contribution in [0.15, 0.2) is 36.4 Å². The van der Waals surface area contributed by atoms with Crippen molar-refractivity contribution < 1.29 is 28.6 Å². The summed E-state index contributed by atoms with van der Waals surface area (Å²) in [5.74, 6) is -0.753. The molecule has 0 saturated heterocycles. The van der Waals surface area contributed by atoms with Crippen molar-refractivity contribution in [3.8, 4) is 5.75 Å². The molecule has 9 nitrogen and oxygen atoms in total. The molecule has 10 heteroatoms. The summed E-state index contributed by atoms with van der Waals surface area (Å²) in [6.07, 6.45) is -0.776. The summed E-state index contributed by atoms with van der Waals surface area (Å²) in [6.45, 7) is 5.50. The highest BCUT2D eigenvalue weighted by Crippen LogP contribution is 2.38. The fourth-order valence-electron chi connectivity index (χ4n) is 3.14. The number of rotatable bonds is 8. The number of carbonyl (C=O) groups excluding carboxylic acids is 3. The first kappa shape index (κ1) is 24.1. The van der Waals surface area contributed by atoms with Crippen molar-refractivity contribution in [2.75, 3.05) is 19.0 Å².